The van der Waals surface area contributed by atoms with Crippen molar-refractivity contribution in [2.75, 3.05) is 27.8 Å². The molecule has 1 amide bonds. The van der Waals surface area contributed by atoms with Crippen LogP contribution < -0.4 is 20.1 Å². The van der Waals surface area contributed by atoms with E-state index in [-0.39, 0.29) is 5.91 Å². The maximum absolute atomic E-state index is 11.1. The maximum atomic E-state index is 11.1. The molecule has 0 aromatic heterocycles. The number of methoxy groups -OCH3 is 1. The number of carbonyl (C=O) groups excluding carboxylic acids is 1. The van der Waals surface area contributed by atoms with E-state index < -0.39 is 0 Å². The first-order chi connectivity index (χ1) is 9.21. The highest BCUT2D eigenvalue weighted by Crippen LogP contribution is 2.25. The SMILES string of the molecule is CNCc1ccc(OC)cc1OCCCC(=O)NC. The fourth-order valence-electron chi connectivity index (χ4n) is 1.67. The quantitative estimate of drug-likeness (QED) is 0.697. The Morgan fingerprint density at radius 1 is 1.32 bits per heavy atom. The van der Waals surface area contributed by atoms with Gasteiger partial charge in [-0.3, -0.25) is 4.79 Å². The molecule has 1 aromatic rings. The van der Waals surface area contributed by atoms with E-state index in [0.29, 0.717) is 19.4 Å². The Morgan fingerprint density at radius 3 is 2.74 bits per heavy atom. The molecule has 0 bridgehead atoms. The Kier molecular flexibility index (Phi) is 6.74. The number of amides is 1. The summed E-state index contributed by atoms with van der Waals surface area (Å²) in [5.74, 6) is 1.59. The lowest BCUT2D eigenvalue weighted by Crippen LogP contribution is -2.18. The van der Waals surface area contributed by atoms with Crippen LogP contribution in [0.5, 0.6) is 11.5 Å². The average molecular weight is 266 g/mol. The number of hydrogen-bond acceptors (Lipinski definition) is 4. The van der Waals surface area contributed by atoms with E-state index >= 15 is 0 Å². The van der Waals surface area contributed by atoms with E-state index in [1.807, 2.05) is 25.2 Å². The first kappa shape index (κ1) is 15.3. The Labute approximate surface area is 114 Å². The van der Waals surface area contributed by atoms with Gasteiger partial charge in [-0.25, -0.2) is 0 Å². The molecule has 0 aliphatic rings. The van der Waals surface area contributed by atoms with Crippen molar-refractivity contribution in [3.8, 4) is 11.5 Å². The largest absolute Gasteiger partial charge is 0.497 e. The highest BCUT2D eigenvalue weighted by atomic mass is 16.5. The number of rotatable bonds is 8. The minimum atomic E-state index is 0.0321. The van der Waals surface area contributed by atoms with Crippen LogP contribution in [0.2, 0.25) is 0 Å². The molecule has 106 valence electrons. The second-order valence-corrected chi connectivity index (χ2v) is 4.13. The second kappa shape index (κ2) is 8.37. The zero-order valence-electron chi connectivity index (χ0n) is 11.8. The lowest BCUT2D eigenvalue weighted by Gasteiger charge is -2.12. The predicted octanol–water partition coefficient (Wildman–Crippen LogP) is 1.32. The molecule has 0 heterocycles. The van der Waals surface area contributed by atoms with E-state index in [9.17, 15) is 4.79 Å². The van der Waals surface area contributed by atoms with Gasteiger partial charge in [0, 0.05) is 31.6 Å². The van der Waals surface area contributed by atoms with Gasteiger partial charge in [-0.2, -0.15) is 0 Å². The van der Waals surface area contributed by atoms with E-state index in [1.54, 1.807) is 14.2 Å². The second-order valence-electron chi connectivity index (χ2n) is 4.13. The average Bonchev–Trinajstić information content (AvgIpc) is 2.44. The maximum Gasteiger partial charge on any atom is 0.219 e. The van der Waals surface area contributed by atoms with Crippen LogP contribution in [-0.2, 0) is 11.3 Å². The van der Waals surface area contributed by atoms with Gasteiger partial charge in [0.1, 0.15) is 11.5 Å². The molecular formula is C14H22N2O3. The number of nitrogens with one attached hydrogen (secondary N) is 2. The molecule has 5 nitrogen and oxygen atoms in total. The number of benzene rings is 1. The summed E-state index contributed by atoms with van der Waals surface area (Å²) in [6.45, 7) is 1.24. The van der Waals surface area contributed by atoms with Gasteiger partial charge in [-0.1, -0.05) is 6.07 Å². The zero-order valence-corrected chi connectivity index (χ0v) is 11.8. The number of ether oxygens (including phenoxy) is 2. The molecule has 0 radical (unpaired) electrons. The van der Waals surface area contributed by atoms with Crippen molar-refractivity contribution in [2.45, 2.75) is 19.4 Å². The summed E-state index contributed by atoms with van der Waals surface area (Å²) in [6.07, 6.45) is 1.16. The van der Waals surface area contributed by atoms with Crippen LogP contribution in [0.15, 0.2) is 18.2 Å². The highest BCUT2D eigenvalue weighted by molar-refractivity contribution is 5.75. The Bertz CT molecular complexity index is 408. The normalized spacial score (nSPS) is 10.1. The third-order valence-corrected chi connectivity index (χ3v) is 2.73. The van der Waals surface area contributed by atoms with Crippen molar-refractivity contribution in [3.05, 3.63) is 23.8 Å². The van der Waals surface area contributed by atoms with Crippen molar-refractivity contribution in [2.24, 2.45) is 0 Å². The van der Waals surface area contributed by atoms with Crippen LogP contribution >= 0.6 is 0 Å². The van der Waals surface area contributed by atoms with E-state index in [1.165, 1.54) is 0 Å². The minimum Gasteiger partial charge on any atom is -0.497 e. The first-order valence-electron chi connectivity index (χ1n) is 6.36. The number of hydrogen-bond donors (Lipinski definition) is 2. The van der Waals surface area contributed by atoms with Crippen LogP contribution in [0, 0.1) is 0 Å². The van der Waals surface area contributed by atoms with Crippen molar-refractivity contribution < 1.29 is 14.3 Å². The predicted molar refractivity (Wildman–Crippen MR) is 74.6 cm³/mol. The Morgan fingerprint density at radius 2 is 2.11 bits per heavy atom. The zero-order chi connectivity index (χ0) is 14.1. The highest BCUT2D eigenvalue weighted by Gasteiger charge is 2.06. The van der Waals surface area contributed by atoms with Crippen molar-refractivity contribution in [1.29, 1.82) is 0 Å². The summed E-state index contributed by atoms with van der Waals surface area (Å²) < 4.78 is 10.9. The lowest BCUT2D eigenvalue weighted by molar-refractivity contribution is -0.120. The number of carbonyl (C=O) groups is 1. The minimum absolute atomic E-state index is 0.0321. The molecular weight excluding hydrogens is 244 g/mol. The molecule has 0 fully saturated rings. The molecule has 0 aliphatic heterocycles. The van der Waals surface area contributed by atoms with Gasteiger partial charge < -0.3 is 20.1 Å². The molecule has 0 saturated carbocycles. The first-order valence-corrected chi connectivity index (χ1v) is 6.36. The summed E-state index contributed by atoms with van der Waals surface area (Å²) in [7, 11) is 5.15. The van der Waals surface area contributed by atoms with E-state index in [2.05, 4.69) is 10.6 Å². The topological polar surface area (TPSA) is 59.6 Å². The Balaban J connectivity index is 2.56. The van der Waals surface area contributed by atoms with E-state index in [4.69, 9.17) is 9.47 Å². The van der Waals surface area contributed by atoms with Gasteiger partial charge in [-0.15, -0.1) is 0 Å². The van der Waals surface area contributed by atoms with Gasteiger partial charge in [-0.05, 0) is 19.5 Å². The summed E-state index contributed by atoms with van der Waals surface area (Å²) in [5.41, 5.74) is 1.07. The van der Waals surface area contributed by atoms with Gasteiger partial charge in [0.2, 0.25) is 5.91 Å². The fourth-order valence-corrected chi connectivity index (χ4v) is 1.67. The summed E-state index contributed by atoms with van der Waals surface area (Å²) in [6, 6.07) is 5.75. The molecule has 0 saturated heterocycles. The molecule has 0 unspecified atom stereocenters. The van der Waals surface area contributed by atoms with Crippen molar-refractivity contribution >= 4 is 5.91 Å². The monoisotopic (exact) mass is 266 g/mol. The van der Waals surface area contributed by atoms with E-state index in [0.717, 1.165) is 23.6 Å². The van der Waals surface area contributed by atoms with Crippen molar-refractivity contribution in [3.63, 3.8) is 0 Å². The van der Waals surface area contributed by atoms with Crippen LogP contribution in [0.1, 0.15) is 18.4 Å². The molecule has 2 N–H and O–H groups in total. The molecule has 1 aromatic carbocycles. The van der Waals surface area contributed by atoms with Crippen LogP contribution in [0.25, 0.3) is 0 Å². The van der Waals surface area contributed by atoms with Gasteiger partial charge in [0.25, 0.3) is 0 Å². The summed E-state index contributed by atoms with van der Waals surface area (Å²) in [4.78, 5) is 11.1. The molecule has 5 heteroatoms. The molecule has 1 rings (SSSR count). The van der Waals surface area contributed by atoms with Crippen LogP contribution in [0.3, 0.4) is 0 Å². The third-order valence-electron chi connectivity index (χ3n) is 2.73. The lowest BCUT2D eigenvalue weighted by atomic mass is 10.2. The van der Waals surface area contributed by atoms with Crippen LogP contribution in [0.4, 0.5) is 0 Å². The van der Waals surface area contributed by atoms with Gasteiger partial charge >= 0.3 is 0 Å². The van der Waals surface area contributed by atoms with Gasteiger partial charge in [0.05, 0.1) is 13.7 Å². The molecule has 19 heavy (non-hydrogen) atoms. The third kappa shape index (κ3) is 5.18. The summed E-state index contributed by atoms with van der Waals surface area (Å²) >= 11 is 0. The summed E-state index contributed by atoms with van der Waals surface area (Å²) in [5, 5.41) is 5.68. The Hall–Kier alpha value is -1.75. The standard InChI is InChI=1S/C14H22N2O3/c1-15-10-11-6-7-12(18-3)9-13(11)19-8-4-5-14(17)16-2/h6-7,9,15H,4-5,8,10H2,1-3H3,(H,16,17). The molecule has 0 aliphatic carbocycles. The molecule has 0 atom stereocenters. The van der Waals surface area contributed by atoms with Crippen LogP contribution in [-0.4, -0.2) is 33.7 Å². The van der Waals surface area contributed by atoms with Crippen molar-refractivity contribution in [1.82, 2.24) is 10.6 Å². The molecule has 0 spiro atoms. The smallest absolute Gasteiger partial charge is 0.219 e. The van der Waals surface area contributed by atoms with Gasteiger partial charge in [0.15, 0.2) is 0 Å². The fraction of sp³-hybridized carbons (Fsp3) is 0.500.